The van der Waals surface area contributed by atoms with Gasteiger partial charge in [0.15, 0.2) is 0 Å². The summed E-state index contributed by atoms with van der Waals surface area (Å²) in [4.78, 5) is 12.4. The Kier molecular flexibility index (Phi) is 3.02. The molecule has 0 spiro atoms. The van der Waals surface area contributed by atoms with E-state index in [0.29, 0.717) is 18.6 Å². The van der Waals surface area contributed by atoms with Gasteiger partial charge >= 0.3 is 0 Å². The van der Waals surface area contributed by atoms with Crippen molar-refractivity contribution in [2.24, 2.45) is 0 Å². The Bertz CT molecular complexity index is 138. The average Bonchev–Trinajstić information content (AvgIpc) is 2.33. The zero-order chi connectivity index (χ0) is 8.27. The molecule has 64 valence electrons. The third-order valence-electron chi connectivity index (χ3n) is 2.35. The number of rotatable bonds is 3. The number of carbonyl (C=O) groups excluding carboxylic acids is 1. The molecule has 0 aliphatic carbocycles. The minimum absolute atomic E-state index is 0.324. The zero-order valence-electron chi connectivity index (χ0n) is 7.12. The van der Waals surface area contributed by atoms with E-state index in [2.05, 4.69) is 4.90 Å². The summed E-state index contributed by atoms with van der Waals surface area (Å²) < 4.78 is 5.20. The summed E-state index contributed by atoms with van der Waals surface area (Å²) in [7, 11) is 3.76. The van der Waals surface area contributed by atoms with Gasteiger partial charge in [-0.05, 0) is 13.5 Å². The number of hydrogen-bond donors (Lipinski definition) is 0. The molecule has 1 saturated heterocycles. The van der Waals surface area contributed by atoms with Gasteiger partial charge in [-0.15, -0.1) is 0 Å². The highest BCUT2D eigenvalue weighted by Gasteiger charge is 2.28. The molecule has 3 heteroatoms. The molecule has 1 aliphatic heterocycles. The number of hydrogen-bond acceptors (Lipinski definition) is 3. The number of ether oxygens (including phenoxy) is 1. The molecule has 1 aliphatic rings. The number of carbonyl (C=O) groups is 1. The predicted molar refractivity (Wildman–Crippen MR) is 42.5 cm³/mol. The molecule has 0 amide bonds. The van der Waals surface area contributed by atoms with Crippen LogP contribution in [0.15, 0.2) is 0 Å². The van der Waals surface area contributed by atoms with Crippen LogP contribution in [0.5, 0.6) is 0 Å². The van der Waals surface area contributed by atoms with Crippen molar-refractivity contribution in [1.82, 2.24) is 4.90 Å². The van der Waals surface area contributed by atoms with Gasteiger partial charge in [-0.1, -0.05) is 0 Å². The molecular weight excluding hydrogens is 142 g/mol. The normalized spacial score (nSPS) is 32.5. The van der Waals surface area contributed by atoms with Gasteiger partial charge in [0.2, 0.25) is 0 Å². The molecule has 1 unspecified atom stereocenters. The van der Waals surface area contributed by atoms with E-state index >= 15 is 0 Å². The van der Waals surface area contributed by atoms with Crippen molar-refractivity contribution in [1.29, 1.82) is 0 Å². The zero-order valence-corrected chi connectivity index (χ0v) is 7.12. The Labute approximate surface area is 67.3 Å². The van der Waals surface area contributed by atoms with Crippen molar-refractivity contribution in [3.05, 3.63) is 0 Å². The van der Waals surface area contributed by atoms with Crippen molar-refractivity contribution in [3.63, 3.8) is 0 Å². The quantitative estimate of drug-likeness (QED) is 0.552. The van der Waals surface area contributed by atoms with Gasteiger partial charge in [0.25, 0.3) is 0 Å². The summed E-state index contributed by atoms with van der Waals surface area (Å²) in [5.41, 5.74) is 0. The van der Waals surface area contributed by atoms with Crippen LogP contribution in [0.2, 0.25) is 0 Å². The molecule has 0 aromatic rings. The van der Waals surface area contributed by atoms with Crippen LogP contribution in [0, 0.1) is 0 Å². The van der Waals surface area contributed by atoms with Crippen molar-refractivity contribution in [3.8, 4) is 0 Å². The van der Waals surface area contributed by atoms with Gasteiger partial charge in [0.1, 0.15) is 6.29 Å². The molecule has 11 heavy (non-hydrogen) atoms. The monoisotopic (exact) mass is 157 g/mol. The van der Waals surface area contributed by atoms with Crippen molar-refractivity contribution >= 4 is 6.29 Å². The Morgan fingerprint density at radius 1 is 1.73 bits per heavy atom. The lowest BCUT2D eigenvalue weighted by Crippen LogP contribution is -2.25. The second kappa shape index (κ2) is 3.83. The maximum Gasteiger partial charge on any atom is 0.121 e. The summed E-state index contributed by atoms with van der Waals surface area (Å²) in [6.45, 7) is 0.953. The van der Waals surface area contributed by atoms with Crippen LogP contribution in [0.3, 0.4) is 0 Å². The number of nitrogens with zero attached hydrogens (tertiary/aromatic N) is 1. The summed E-state index contributed by atoms with van der Waals surface area (Å²) >= 11 is 0. The van der Waals surface area contributed by atoms with Crippen LogP contribution in [0.25, 0.3) is 0 Å². The van der Waals surface area contributed by atoms with Crippen molar-refractivity contribution < 1.29 is 9.53 Å². The first-order chi connectivity index (χ1) is 5.27. The van der Waals surface area contributed by atoms with E-state index in [1.54, 1.807) is 7.11 Å². The molecule has 1 fully saturated rings. The molecule has 2 atom stereocenters. The molecule has 0 saturated carbocycles. The van der Waals surface area contributed by atoms with Crippen LogP contribution >= 0.6 is 0 Å². The average molecular weight is 157 g/mol. The highest BCUT2D eigenvalue weighted by atomic mass is 16.5. The van der Waals surface area contributed by atoms with Gasteiger partial charge < -0.3 is 14.4 Å². The number of aldehydes is 1. The predicted octanol–water partition coefficient (Wildman–Crippen LogP) is 0.294. The second-order valence-corrected chi connectivity index (χ2v) is 3.09. The van der Waals surface area contributed by atoms with Crippen LogP contribution in [-0.4, -0.2) is 44.0 Å². The number of likely N-dealkylation sites (N-methyl/N-ethyl adjacent to an activating group) is 1. The van der Waals surface area contributed by atoms with E-state index in [1.807, 2.05) is 7.05 Å². The van der Waals surface area contributed by atoms with E-state index in [-0.39, 0.29) is 0 Å². The molecular formula is C8H15NO2. The standard InChI is InChI=1S/C8H15NO2/c1-9-6-8(11-2)5-7(9)3-4-10/h4,7-8H,3,5-6H2,1-2H3/t7-,8?/m1/s1. The largest absolute Gasteiger partial charge is 0.380 e. The smallest absolute Gasteiger partial charge is 0.121 e. The Morgan fingerprint density at radius 3 is 2.91 bits per heavy atom. The molecule has 0 radical (unpaired) electrons. The lowest BCUT2D eigenvalue weighted by molar-refractivity contribution is -0.108. The molecule has 0 bridgehead atoms. The van der Waals surface area contributed by atoms with Gasteiger partial charge in [0, 0.05) is 26.1 Å². The van der Waals surface area contributed by atoms with E-state index < -0.39 is 0 Å². The van der Waals surface area contributed by atoms with Crippen LogP contribution in [0.4, 0.5) is 0 Å². The first-order valence-electron chi connectivity index (χ1n) is 3.94. The SMILES string of the molecule is COC1C[C@@H](CC=O)N(C)C1. The first kappa shape index (κ1) is 8.68. The van der Waals surface area contributed by atoms with E-state index in [9.17, 15) is 4.79 Å². The Morgan fingerprint density at radius 2 is 2.45 bits per heavy atom. The number of methoxy groups -OCH3 is 1. The van der Waals surface area contributed by atoms with Crippen LogP contribution < -0.4 is 0 Å². The molecule has 0 aromatic carbocycles. The van der Waals surface area contributed by atoms with Gasteiger partial charge in [-0.2, -0.15) is 0 Å². The maximum absolute atomic E-state index is 10.2. The molecule has 0 N–H and O–H groups in total. The highest BCUT2D eigenvalue weighted by Crippen LogP contribution is 2.19. The third-order valence-corrected chi connectivity index (χ3v) is 2.35. The van der Waals surface area contributed by atoms with Gasteiger partial charge in [0.05, 0.1) is 6.10 Å². The minimum Gasteiger partial charge on any atom is -0.380 e. The Hall–Kier alpha value is -0.410. The summed E-state index contributed by atoms with van der Waals surface area (Å²) in [5, 5.41) is 0. The van der Waals surface area contributed by atoms with Crippen molar-refractivity contribution in [2.75, 3.05) is 20.7 Å². The van der Waals surface area contributed by atoms with Crippen molar-refractivity contribution in [2.45, 2.75) is 25.0 Å². The van der Waals surface area contributed by atoms with Gasteiger partial charge in [-0.25, -0.2) is 0 Å². The summed E-state index contributed by atoms with van der Waals surface area (Å²) in [6, 6.07) is 0.400. The number of likely N-dealkylation sites (tertiary alicyclic amines) is 1. The summed E-state index contributed by atoms with van der Waals surface area (Å²) in [5.74, 6) is 0. The first-order valence-corrected chi connectivity index (χ1v) is 3.94. The fourth-order valence-electron chi connectivity index (χ4n) is 1.59. The van der Waals surface area contributed by atoms with Gasteiger partial charge in [-0.3, -0.25) is 0 Å². The van der Waals surface area contributed by atoms with E-state index in [0.717, 1.165) is 19.3 Å². The van der Waals surface area contributed by atoms with Crippen LogP contribution in [-0.2, 0) is 9.53 Å². The Balaban J connectivity index is 2.38. The topological polar surface area (TPSA) is 29.5 Å². The molecule has 0 aromatic heterocycles. The third kappa shape index (κ3) is 2.01. The molecule has 1 heterocycles. The fraction of sp³-hybridized carbons (Fsp3) is 0.875. The lowest BCUT2D eigenvalue weighted by atomic mass is 10.1. The summed E-state index contributed by atoms with van der Waals surface area (Å²) in [6.07, 6.45) is 2.94. The fourth-order valence-corrected chi connectivity index (χ4v) is 1.59. The van der Waals surface area contributed by atoms with E-state index in [4.69, 9.17) is 4.74 Å². The molecule has 1 rings (SSSR count). The van der Waals surface area contributed by atoms with Crippen LogP contribution in [0.1, 0.15) is 12.8 Å². The molecule has 3 nitrogen and oxygen atoms in total. The lowest BCUT2D eigenvalue weighted by Gasteiger charge is -2.15. The highest BCUT2D eigenvalue weighted by molar-refractivity contribution is 5.50. The van der Waals surface area contributed by atoms with E-state index in [1.165, 1.54) is 0 Å². The minimum atomic E-state index is 0.324. The maximum atomic E-state index is 10.2. The second-order valence-electron chi connectivity index (χ2n) is 3.09.